The van der Waals surface area contributed by atoms with Crippen LogP contribution in [0, 0.1) is 0 Å². The maximum atomic E-state index is 11.7. The summed E-state index contributed by atoms with van der Waals surface area (Å²) in [7, 11) is 2.07. The molecule has 1 aromatic heterocycles. The van der Waals surface area contributed by atoms with Crippen molar-refractivity contribution in [2.75, 3.05) is 20.1 Å². The van der Waals surface area contributed by atoms with Gasteiger partial charge in [0, 0.05) is 31.5 Å². The van der Waals surface area contributed by atoms with E-state index in [1.54, 1.807) is 0 Å². The summed E-state index contributed by atoms with van der Waals surface area (Å²) in [6.07, 6.45) is 5.30. The number of rotatable bonds is 9. The van der Waals surface area contributed by atoms with Gasteiger partial charge in [-0.15, -0.1) is 0 Å². The van der Waals surface area contributed by atoms with Crippen molar-refractivity contribution in [1.82, 2.24) is 15.2 Å². The predicted octanol–water partition coefficient (Wildman–Crippen LogP) is 1.19. The Morgan fingerprint density at radius 2 is 2.00 bits per heavy atom. The number of carbonyl (C=O) groups is 1. The van der Waals surface area contributed by atoms with Crippen molar-refractivity contribution in [1.29, 1.82) is 0 Å². The summed E-state index contributed by atoms with van der Waals surface area (Å²) in [6.45, 7) is 7.69. The first kappa shape index (κ1) is 17.6. The van der Waals surface area contributed by atoms with E-state index in [1.165, 1.54) is 5.56 Å². The summed E-state index contributed by atoms with van der Waals surface area (Å²) in [5.41, 5.74) is 6.16. The second kappa shape index (κ2) is 8.10. The zero-order valence-corrected chi connectivity index (χ0v) is 13.6. The van der Waals surface area contributed by atoms with Crippen LogP contribution in [0.1, 0.15) is 32.8 Å². The summed E-state index contributed by atoms with van der Waals surface area (Å²) in [5.74, 6) is -0.293. The van der Waals surface area contributed by atoms with Crippen molar-refractivity contribution in [2.24, 2.45) is 5.73 Å². The van der Waals surface area contributed by atoms with Crippen LogP contribution in [0.4, 0.5) is 0 Å². The number of hydrogen-bond acceptors (Lipinski definition) is 4. The Hall–Kier alpha value is -1.46. The third-order valence-corrected chi connectivity index (χ3v) is 3.68. The number of nitrogens with one attached hydrogen (secondary N) is 1. The van der Waals surface area contributed by atoms with E-state index in [0.717, 1.165) is 19.5 Å². The zero-order valence-electron chi connectivity index (χ0n) is 13.6. The lowest BCUT2D eigenvalue weighted by molar-refractivity contribution is -0.124. The van der Waals surface area contributed by atoms with Crippen LogP contribution in [-0.2, 0) is 11.2 Å². The van der Waals surface area contributed by atoms with Gasteiger partial charge in [0.25, 0.3) is 0 Å². The molecule has 0 fully saturated rings. The molecule has 0 aliphatic heterocycles. The molecule has 0 aliphatic rings. The molecule has 0 spiro atoms. The first-order valence-electron chi connectivity index (χ1n) is 7.48. The van der Waals surface area contributed by atoms with Gasteiger partial charge in [-0.05, 0) is 58.4 Å². The van der Waals surface area contributed by atoms with E-state index in [9.17, 15) is 4.79 Å². The number of pyridine rings is 1. The minimum Gasteiger partial charge on any atom is -0.368 e. The van der Waals surface area contributed by atoms with E-state index in [4.69, 9.17) is 5.73 Å². The maximum Gasteiger partial charge on any atom is 0.237 e. The molecule has 1 amide bonds. The van der Waals surface area contributed by atoms with Gasteiger partial charge in [-0.3, -0.25) is 9.78 Å². The lowest BCUT2D eigenvalue weighted by atomic mass is 9.95. The molecule has 0 saturated heterocycles. The van der Waals surface area contributed by atoms with Gasteiger partial charge in [0.2, 0.25) is 5.91 Å². The summed E-state index contributed by atoms with van der Waals surface area (Å²) < 4.78 is 0. The minimum absolute atomic E-state index is 0.227. The molecule has 1 atom stereocenters. The predicted molar refractivity (Wildman–Crippen MR) is 85.9 cm³/mol. The highest BCUT2D eigenvalue weighted by Gasteiger charge is 2.31. The largest absolute Gasteiger partial charge is 0.368 e. The fraction of sp³-hybridized carbons (Fsp3) is 0.625. The molecule has 118 valence electrons. The molecule has 1 unspecified atom stereocenters. The van der Waals surface area contributed by atoms with Gasteiger partial charge in [-0.2, -0.15) is 0 Å². The highest BCUT2D eigenvalue weighted by atomic mass is 16.1. The normalized spacial score (nSPS) is 14.4. The number of hydrogen-bond donors (Lipinski definition) is 2. The molecule has 1 rings (SSSR count). The zero-order chi connectivity index (χ0) is 15.9. The lowest BCUT2D eigenvalue weighted by Crippen LogP contribution is -2.56. The number of nitrogens with two attached hydrogens (primary N) is 1. The fourth-order valence-corrected chi connectivity index (χ4v) is 2.30. The van der Waals surface area contributed by atoms with Crippen molar-refractivity contribution in [2.45, 2.75) is 45.2 Å². The third-order valence-electron chi connectivity index (χ3n) is 3.68. The van der Waals surface area contributed by atoms with E-state index in [1.807, 2.05) is 45.3 Å². The van der Waals surface area contributed by atoms with Gasteiger partial charge < -0.3 is 16.0 Å². The topological polar surface area (TPSA) is 71.2 Å². The van der Waals surface area contributed by atoms with E-state index in [-0.39, 0.29) is 11.9 Å². The van der Waals surface area contributed by atoms with Gasteiger partial charge in [0.05, 0.1) is 5.54 Å². The number of likely N-dealkylation sites (N-methyl/N-ethyl adjacent to an activating group) is 1. The van der Waals surface area contributed by atoms with E-state index < -0.39 is 5.54 Å². The van der Waals surface area contributed by atoms with Crippen LogP contribution < -0.4 is 11.1 Å². The Kier molecular flexibility index (Phi) is 6.78. The first-order chi connectivity index (χ1) is 9.83. The van der Waals surface area contributed by atoms with E-state index in [0.29, 0.717) is 6.42 Å². The van der Waals surface area contributed by atoms with Crippen molar-refractivity contribution < 1.29 is 4.79 Å². The van der Waals surface area contributed by atoms with Crippen LogP contribution in [0.25, 0.3) is 0 Å². The minimum atomic E-state index is -0.654. The monoisotopic (exact) mass is 292 g/mol. The summed E-state index contributed by atoms with van der Waals surface area (Å²) in [5, 5.41) is 3.28. The molecule has 0 saturated carbocycles. The molecule has 0 bridgehead atoms. The average Bonchev–Trinajstić information content (AvgIpc) is 2.43. The van der Waals surface area contributed by atoms with Gasteiger partial charge in [-0.1, -0.05) is 0 Å². The molecule has 0 radical (unpaired) electrons. The molecular weight excluding hydrogens is 264 g/mol. The smallest absolute Gasteiger partial charge is 0.237 e. The Balaban J connectivity index is 2.43. The SMILES string of the molecule is CC(C)NC(C)(CCN(C)CCc1ccncc1)C(N)=O. The van der Waals surface area contributed by atoms with Crippen LogP contribution in [0.3, 0.4) is 0 Å². The number of amides is 1. The Morgan fingerprint density at radius 3 is 2.52 bits per heavy atom. The molecule has 0 aliphatic carbocycles. The Morgan fingerprint density at radius 1 is 1.38 bits per heavy atom. The van der Waals surface area contributed by atoms with Crippen LogP contribution >= 0.6 is 0 Å². The summed E-state index contributed by atoms with van der Waals surface area (Å²) in [4.78, 5) is 17.9. The number of primary amides is 1. The highest BCUT2D eigenvalue weighted by Crippen LogP contribution is 2.11. The molecule has 3 N–H and O–H groups in total. The van der Waals surface area contributed by atoms with Crippen LogP contribution in [-0.4, -0.2) is 47.5 Å². The number of carbonyl (C=O) groups excluding carboxylic acids is 1. The van der Waals surface area contributed by atoms with Crippen molar-refractivity contribution in [3.63, 3.8) is 0 Å². The Labute approximate surface area is 127 Å². The average molecular weight is 292 g/mol. The van der Waals surface area contributed by atoms with Gasteiger partial charge >= 0.3 is 0 Å². The van der Waals surface area contributed by atoms with Gasteiger partial charge in [0.15, 0.2) is 0 Å². The molecule has 5 nitrogen and oxygen atoms in total. The lowest BCUT2D eigenvalue weighted by Gasteiger charge is -2.31. The van der Waals surface area contributed by atoms with Crippen LogP contribution in [0.15, 0.2) is 24.5 Å². The van der Waals surface area contributed by atoms with Crippen molar-refractivity contribution in [3.8, 4) is 0 Å². The molecule has 0 aromatic carbocycles. The number of nitrogens with zero attached hydrogens (tertiary/aromatic N) is 2. The second-order valence-electron chi connectivity index (χ2n) is 6.15. The standard InChI is InChI=1S/C16H28N4O/c1-13(2)19-16(3,15(17)21)8-12-20(4)11-7-14-5-9-18-10-6-14/h5-6,9-10,13,19H,7-8,11-12H2,1-4H3,(H2,17,21). The Bertz CT molecular complexity index is 435. The first-order valence-corrected chi connectivity index (χ1v) is 7.48. The number of aromatic nitrogens is 1. The highest BCUT2D eigenvalue weighted by molar-refractivity contribution is 5.84. The van der Waals surface area contributed by atoms with Crippen LogP contribution in [0.5, 0.6) is 0 Å². The maximum absolute atomic E-state index is 11.7. The molecule has 21 heavy (non-hydrogen) atoms. The van der Waals surface area contributed by atoms with Crippen molar-refractivity contribution >= 4 is 5.91 Å². The van der Waals surface area contributed by atoms with Gasteiger partial charge in [-0.25, -0.2) is 0 Å². The molecule has 1 heterocycles. The van der Waals surface area contributed by atoms with E-state index in [2.05, 4.69) is 22.2 Å². The fourth-order valence-electron chi connectivity index (χ4n) is 2.30. The second-order valence-corrected chi connectivity index (χ2v) is 6.15. The third kappa shape index (κ3) is 6.23. The van der Waals surface area contributed by atoms with Gasteiger partial charge in [0.1, 0.15) is 0 Å². The molecule has 1 aromatic rings. The summed E-state index contributed by atoms with van der Waals surface area (Å²) in [6, 6.07) is 4.29. The summed E-state index contributed by atoms with van der Waals surface area (Å²) >= 11 is 0. The van der Waals surface area contributed by atoms with Crippen molar-refractivity contribution in [3.05, 3.63) is 30.1 Å². The van der Waals surface area contributed by atoms with Crippen LogP contribution in [0.2, 0.25) is 0 Å². The molecule has 5 heteroatoms. The van der Waals surface area contributed by atoms with E-state index >= 15 is 0 Å². The quantitative estimate of drug-likeness (QED) is 0.717. The molecular formula is C16H28N4O.